The Morgan fingerprint density at radius 1 is 1.18 bits per heavy atom. The molecule has 0 aliphatic carbocycles. The molecule has 0 unspecified atom stereocenters. The van der Waals surface area contributed by atoms with Crippen molar-refractivity contribution in [3.63, 3.8) is 0 Å². The van der Waals surface area contributed by atoms with E-state index in [9.17, 15) is 13.2 Å². The number of rotatable bonds is 7. The normalized spacial score (nSPS) is 11.3. The quantitative estimate of drug-likeness (QED) is 0.819. The van der Waals surface area contributed by atoms with E-state index in [0.717, 1.165) is 5.56 Å². The summed E-state index contributed by atoms with van der Waals surface area (Å²) < 4.78 is 30.7. The number of amides is 1. The first-order chi connectivity index (χ1) is 10.5. The third-order valence-corrected chi connectivity index (χ3v) is 4.46. The minimum atomic E-state index is -3.22. The standard InChI is InChI=1S/C15H18N2O4S/c1-2-10-22(19,20)16-11-12-5-7-13(8-6-12)17-15(18)14-4-3-9-21-14/h3-9,16H,2,10-11H2,1H3,(H,17,18). The van der Waals surface area contributed by atoms with Crippen molar-refractivity contribution in [2.75, 3.05) is 11.1 Å². The maximum atomic E-state index is 11.8. The lowest BCUT2D eigenvalue weighted by molar-refractivity contribution is 0.0996. The monoisotopic (exact) mass is 322 g/mol. The number of anilines is 1. The van der Waals surface area contributed by atoms with Gasteiger partial charge < -0.3 is 9.73 Å². The van der Waals surface area contributed by atoms with Gasteiger partial charge in [-0.3, -0.25) is 4.79 Å². The largest absolute Gasteiger partial charge is 0.459 e. The van der Waals surface area contributed by atoms with E-state index in [1.54, 1.807) is 36.4 Å². The second kappa shape index (κ2) is 7.24. The van der Waals surface area contributed by atoms with Gasteiger partial charge in [0, 0.05) is 12.2 Å². The molecule has 0 spiro atoms. The molecular formula is C15H18N2O4S. The van der Waals surface area contributed by atoms with Crippen molar-refractivity contribution in [2.24, 2.45) is 0 Å². The van der Waals surface area contributed by atoms with Crippen LogP contribution in [0.4, 0.5) is 5.69 Å². The van der Waals surface area contributed by atoms with Gasteiger partial charge in [-0.1, -0.05) is 19.1 Å². The number of furan rings is 1. The molecule has 2 rings (SSSR count). The van der Waals surface area contributed by atoms with Crippen LogP contribution in [0.15, 0.2) is 47.1 Å². The lowest BCUT2D eigenvalue weighted by atomic mass is 10.2. The Balaban J connectivity index is 1.92. The summed E-state index contributed by atoms with van der Waals surface area (Å²) in [5, 5.41) is 2.69. The van der Waals surface area contributed by atoms with E-state index in [-0.39, 0.29) is 24.0 Å². The molecule has 2 aromatic rings. The molecule has 0 radical (unpaired) electrons. The summed E-state index contributed by atoms with van der Waals surface area (Å²) in [6, 6.07) is 10.2. The van der Waals surface area contributed by atoms with Crippen molar-refractivity contribution in [3.05, 3.63) is 54.0 Å². The van der Waals surface area contributed by atoms with Gasteiger partial charge in [0.1, 0.15) is 0 Å². The van der Waals surface area contributed by atoms with Crippen molar-refractivity contribution < 1.29 is 17.6 Å². The molecular weight excluding hydrogens is 304 g/mol. The maximum Gasteiger partial charge on any atom is 0.291 e. The Morgan fingerprint density at radius 2 is 1.91 bits per heavy atom. The van der Waals surface area contributed by atoms with Crippen LogP contribution in [0.1, 0.15) is 29.5 Å². The molecule has 0 bridgehead atoms. The molecule has 0 atom stereocenters. The highest BCUT2D eigenvalue weighted by atomic mass is 32.2. The topological polar surface area (TPSA) is 88.4 Å². The molecule has 0 fully saturated rings. The van der Waals surface area contributed by atoms with Gasteiger partial charge >= 0.3 is 0 Å². The van der Waals surface area contributed by atoms with Crippen LogP contribution in [-0.4, -0.2) is 20.1 Å². The Hall–Kier alpha value is -2.12. The number of carbonyl (C=O) groups excluding carboxylic acids is 1. The van der Waals surface area contributed by atoms with Crippen molar-refractivity contribution >= 4 is 21.6 Å². The summed E-state index contributed by atoms with van der Waals surface area (Å²) in [5.41, 5.74) is 1.43. The highest BCUT2D eigenvalue weighted by molar-refractivity contribution is 7.89. The summed E-state index contributed by atoms with van der Waals surface area (Å²) in [5.74, 6) is 0.0161. The molecule has 0 aliphatic rings. The second-order valence-corrected chi connectivity index (χ2v) is 6.69. The summed E-state index contributed by atoms with van der Waals surface area (Å²) in [7, 11) is -3.22. The van der Waals surface area contributed by atoms with Gasteiger partial charge in [0.2, 0.25) is 10.0 Å². The first-order valence-electron chi connectivity index (χ1n) is 6.91. The van der Waals surface area contributed by atoms with Crippen molar-refractivity contribution in [1.82, 2.24) is 4.72 Å². The Morgan fingerprint density at radius 3 is 2.50 bits per heavy atom. The molecule has 0 aliphatic heterocycles. The van der Waals surface area contributed by atoms with Crippen LogP contribution in [0.2, 0.25) is 0 Å². The number of sulfonamides is 1. The van der Waals surface area contributed by atoms with Crippen molar-refractivity contribution in [2.45, 2.75) is 19.9 Å². The number of carbonyl (C=O) groups is 1. The average molecular weight is 322 g/mol. The zero-order chi connectivity index (χ0) is 16.0. The van der Waals surface area contributed by atoms with Gasteiger partial charge in [-0.2, -0.15) is 0 Å². The van der Waals surface area contributed by atoms with Gasteiger partial charge in [0.15, 0.2) is 5.76 Å². The van der Waals surface area contributed by atoms with E-state index in [4.69, 9.17) is 4.42 Å². The van der Waals surface area contributed by atoms with E-state index in [1.165, 1.54) is 6.26 Å². The fraction of sp³-hybridized carbons (Fsp3) is 0.267. The minimum Gasteiger partial charge on any atom is -0.459 e. The molecule has 22 heavy (non-hydrogen) atoms. The zero-order valence-corrected chi connectivity index (χ0v) is 13.0. The van der Waals surface area contributed by atoms with Gasteiger partial charge in [-0.05, 0) is 36.2 Å². The third-order valence-electron chi connectivity index (χ3n) is 2.93. The van der Waals surface area contributed by atoms with E-state index in [0.29, 0.717) is 12.1 Å². The highest BCUT2D eigenvalue weighted by Crippen LogP contribution is 2.12. The van der Waals surface area contributed by atoms with E-state index in [1.807, 2.05) is 6.92 Å². The van der Waals surface area contributed by atoms with Crippen LogP contribution in [0.5, 0.6) is 0 Å². The summed E-state index contributed by atoms with van der Waals surface area (Å²) >= 11 is 0. The fourth-order valence-electron chi connectivity index (χ4n) is 1.84. The molecule has 118 valence electrons. The van der Waals surface area contributed by atoms with Gasteiger partial charge in [0.25, 0.3) is 5.91 Å². The number of nitrogens with one attached hydrogen (secondary N) is 2. The zero-order valence-electron chi connectivity index (χ0n) is 12.2. The van der Waals surface area contributed by atoms with Crippen LogP contribution >= 0.6 is 0 Å². The van der Waals surface area contributed by atoms with Crippen LogP contribution in [0.3, 0.4) is 0 Å². The first-order valence-corrected chi connectivity index (χ1v) is 8.56. The molecule has 6 nitrogen and oxygen atoms in total. The summed E-state index contributed by atoms with van der Waals surface area (Å²) in [6.45, 7) is 2.05. The van der Waals surface area contributed by atoms with Crippen molar-refractivity contribution in [3.8, 4) is 0 Å². The van der Waals surface area contributed by atoms with Crippen LogP contribution in [0.25, 0.3) is 0 Å². The first kappa shape index (κ1) is 16.3. The van der Waals surface area contributed by atoms with Crippen molar-refractivity contribution in [1.29, 1.82) is 0 Å². The lowest BCUT2D eigenvalue weighted by Crippen LogP contribution is -2.25. The van der Waals surface area contributed by atoms with Gasteiger partial charge in [-0.15, -0.1) is 0 Å². The second-order valence-electron chi connectivity index (χ2n) is 4.77. The number of benzene rings is 1. The molecule has 1 aromatic carbocycles. The van der Waals surface area contributed by atoms with E-state index in [2.05, 4.69) is 10.0 Å². The fourth-order valence-corrected chi connectivity index (χ4v) is 2.91. The number of hydrogen-bond acceptors (Lipinski definition) is 4. The van der Waals surface area contributed by atoms with E-state index >= 15 is 0 Å². The number of hydrogen-bond donors (Lipinski definition) is 2. The predicted octanol–water partition coefficient (Wildman–Crippen LogP) is 2.36. The van der Waals surface area contributed by atoms with Crippen LogP contribution in [-0.2, 0) is 16.6 Å². The predicted molar refractivity (Wildman–Crippen MR) is 84.0 cm³/mol. The molecule has 1 aromatic heterocycles. The van der Waals surface area contributed by atoms with Crippen LogP contribution < -0.4 is 10.0 Å². The summed E-state index contributed by atoms with van der Waals surface area (Å²) in [6.07, 6.45) is 2.01. The van der Waals surface area contributed by atoms with Gasteiger partial charge in [0.05, 0.1) is 12.0 Å². The molecule has 7 heteroatoms. The molecule has 1 heterocycles. The smallest absolute Gasteiger partial charge is 0.291 e. The maximum absolute atomic E-state index is 11.8. The SMILES string of the molecule is CCCS(=O)(=O)NCc1ccc(NC(=O)c2ccco2)cc1. The average Bonchev–Trinajstić information content (AvgIpc) is 3.01. The molecule has 2 N–H and O–H groups in total. The molecule has 0 saturated carbocycles. The van der Waals surface area contributed by atoms with Gasteiger partial charge in [-0.25, -0.2) is 13.1 Å². The Labute approximate surface area is 129 Å². The Kier molecular flexibility index (Phi) is 5.35. The third kappa shape index (κ3) is 4.71. The minimum absolute atomic E-state index is 0.115. The van der Waals surface area contributed by atoms with E-state index < -0.39 is 10.0 Å². The van der Waals surface area contributed by atoms with Crippen LogP contribution in [0, 0.1) is 0 Å². The molecule has 1 amide bonds. The Bertz CT molecular complexity index is 707. The molecule has 0 saturated heterocycles. The lowest BCUT2D eigenvalue weighted by Gasteiger charge is -2.07. The summed E-state index contributed by atoms with van der Waals surface area (Å²) in [4.78, 5) is 11.8. The highest BCUT2D eigenvalue weighted by Gasteiger charge is 2.10.